The third-order valence-electron chi connectivity index (χ3n) is 2.61. The first-order valence-corrected chi connectivity index (χ1v) is 6.36. The van der Waals surface area contributed by atoms with Crippen LogP contribution in [0.3, 0.4) is 0 Å². The molecule has 0 aliphatic heterocycles. The molecule has 2 rings (SSSR count). The fourth-order valence-electron chi connectivity index (χ4n) is 1.49. The van der Waals surface area contributed by atoms with Gasteiger partial charge in [0.1, 0.15) is 25.2 Å². The van der Waals surface area contributed by atoms with Crippen LogP contribution in [0.5, 0.6) is 5.75 Å². The van der Waals surface area contributed by atoms with Gasteiger partial charge in [-0.1, -0.05) is 17.7 Å². The molecule has 0 aliphatic carbocycles. The summed E-state index contributed by atoms with van der Waals surface area (Å²) in [5, 5.41) is 11.2. The summed E-state index contributed by atoms with van der Waals surface area (Å²) < 4.78 is 6.89. The zero-order chi connectivity index (χ0) is 14.4. The molecular formula is C12H14ClN5O2. The van der Waals surface area contributed by atoms with Gasteiger partial charge in [0.2, 0.25) is 5.91 Å². The van der Waals surface area contributed by atoms with Gasteiger partial charge in [0.15, 0.2) is 0 Å². The number of likely N-dealkylation sites (N-methyl/N-ethyl adjacent to an activating group) is 1. The van der Waals surface area contributed by atoms with Crippen molar-refractivity contribution in [1.82, 2.24) is 25.1 Å². The topological polar surface area (TPSA) is 73.1 Å². The molecule has 0 bridgehead atoms. The predicted molar refractivity (Wildman–Crippen MR) is 72.4 cm³/mol. The number of halogens is 1. The van der Waals surface area contributed by atoms with E-state index >= 15 is 0 Å². The van der Waals surface area contributed by atoms with Gasteiger partial charge >= 0.3 is 0 Å². The molecule has 8 heteroatoms. The predicted octanol–water partition coefficient (Wildman–Crippen LogP) is 0.864. The Labute approximate surface area is 121 Å². The van der Waals surface area contributed by atoms with Crippen molar-refractivity contribution in [2.45, 2.75) is 6.54 Å². The van der Waals surface area contributed by atoms with E-state index in [1.54, 1.807) is 24.1 Å². The maximum absolute atomic E-state index is 11.8. The second kappa shape index (κ2) is 6.85. The van der Waals surface area contributed by atoms with E-state index in [2.05, 4.69) is 15.5 Å². The lowest BCUT2D eigenvalue weighted by Crippen LogP contribution is -2.33. The summed E-state index contributed by atoms with van der Waals surface area (Å²) in [5.74, 6) is 0.589. The van der Waals surface area contributed by atoms with E-state index in [0.717, 1.165) is 0 Å². The summed E-state index contributed by atoms with van der Waals surface area (Å²) in [6.07, 6.45) is 1.40. The van der Waals surface area contributed by atoms with Crippen LogP contribution in [0.4, 0.5) is 0 Å². The Balaban J connectivity index is 1.74. The average molecular weight is 296 g/mol. The van der Waals surface area contributed by atoms with Crippen molar-refractivity contribution >= 4 is 17.5 Å². The van der Waals surface area contributed by atoms with Crippen molar-refractivity contribution in [3.8, 4) is 5.75 Å². The number of hydrogen-bond acceptors (Lipinski definition) is 5. The molecule has 0 aliphatic rings. The number of amides is 1. The second-order valence-electron chi connectivity index (χ2n) is 4.13. The van der Waals surface area contributed by atoms with E-state index < -0.39 is 0 Å². The van der Waals surface area contributed by atoms with Gasteiger partial charge in [0.05, 0.1) is 6.54 Å². The van der Waals surface area contributed by atoms with Crippen LogP contribution in [-0.4, -0.2) is 51.2 Å². The average Bonchev–Trinajstić information content (AvgIpc) is 2.91. The maximum atomic E-state index is 11.8. The lowest BCUT2D eigenvalue weighted by atomic mass is 10.3. The van der Waals surface area contributed by atoms with E-state index in [1.165, 1.54) is 11.0 Å². The Morgan fingerprint density at radius 2 is 2.35 bits per heavy atom. The second-order valence-corrected chi connectivity index (χ2v) is 4.56. The number of carbonyl (C=O) groups is 1. The minimum atomic E-state index is -0.0907. The molecule has 0 radical (unpaired) electrons. The van der Waals surface area contributed by atoms with Gasteiger partial charge in [-0.15, -0.1) is 5.10 Å². The minimum Gasteiger partial charge on any atom is -0.492 e. The first kappa shape index (κ1) is 14.3. The molecule has 0 unspecified atom stereocenters. The lowest BCUT2D eigenvalue weighted by molar-refractivity contribution is -0.131. The highest BCUT2D eigenvalue weighted by molar-refractivity contribution is 6.30. The third kappa shape index (κ3) is 4.20. The van der Waals surface area contributed by atoms with Gasteiger partial charge in [-0.25, -0.2) is 4.68 Å². The molecule has 7 nitrogen and oxygen atoms in total. The van der Waals surface area contributed by atoms with Crippen LogP contribution in [0, 0.1) is 0 Å². The van der Waals surface area contributed by atoms with Gasteiger partial charge in [0, 0.05) is 12.1 Å². The summed E-state index contributed by atoms with van der Waals surface area (Å²) in [6, 6.07) is 7.12. The van der Waals surface area contributed by atoms with E-state index in [-0.39, 0.29) is 12.5 Å². The Hall–Kier alpha value is -2.15. The summed E-state index contributed by atoms with van der Waals surface area (Å²) in [7, 11) is 1.70. The van der Waals surface area contributed by atoms with Crippen LogP contribution < -0.4 is 4.74 Å². The number of carbonyl (C=O) groups excluding carboxylic acids is 1. The van der Waals surface area contributed by atoms with Gasteiger partial charge in [0.25, 0.3) is 0 Å². The van der Waals surface area contributed by atoms with E-state index in [0.29, 0.717) is 23.9 Å². The zero-order valence-corrected chi connectivity index (χ0v) is 11.7. The summed E-state index contributed by atoms with van der Waals surface area (Å²) in [5.41, 5.74) is 0. The number of tetrazole rings is 1. The fraction of sp³-hybridized carbons (Fsp3) is 0.333. The SMILES string of the molecule is CN(CCOc1cccc(Cl)c1)C(=O)Cn1cnnn1. The van der Waals surface area contributed by atoms with Crippen LogP contribution in [0.25, 0.3) is 0 Å². The van der Waals surface area contributed by atoms with Crippen molar-refractivity contribution in [2.24, 2.45) is 0 Å². The molecule has 0 saturated carbocycles. The third-order valence-corrected chi connectivity index (χ3v) is 2.84. The highest BCUT2D eigenvalue weighted by atomic mass is 35.5. The first-order valence-electron chi connectivity index (χ1n) is 5.98. The van der Waals surface area contributed by atoms with Crippen molar-refractivity contribution < 1.29 is 9.53 Å². The van der Waals surface area contributed by atoms with Crippen LogP contribution in [-0.2, 0) is 11.3 Å². The molecule has 0 spiro atoms. The Bertz CT molecular complexity index is 561. The quantitative estimate of drug-likeness (QED) is 0.790. The number of benzene rings is 1. The van der Waals surface area contributed by atoms with Crippen LogP contribution in [0.15, 0.2) is 30.6 Å². The molecule has 2 aromatic rings. The molecular weight excluding hydrogens is 282 g/mol. The zero-order valence-electron chi connectivity index (χ0n) is 10.9. The summed E-state index contributed by atoms with van der Waals surface area (Å²) in [6.45, 7) is 0.965. The number of hydrogen-bond donors (Lipinski definition) is 0. The maximum Gasteiger partial charge on any atom is 0.244 e. The molecule has 0 atom stereocenters. The van der Waals surface area contributed by atoms with Gasteiger partial charge < -0.3 is 9.64 Å². The highest BCUT2D eigenvalue weighted by Gasteiger charge is 2.10. The molecule has 1 aromatic carbocycles. The van der Waals surface area contributed by atoms with Gasteiger partial charge in [-0.2, -0.15) is 0 Å². The van der Waals surface area contributed by atoms with E-state index in [1.807, 2.05) is 12.1 Å². The molecule has 106 valence electrons. The number of aromatic nitrogens is 4. The Kier molecular flexibility index (Phi) is 4.89. The lowest BCUT2D eigenvalue weighted by Gasteiger charge is -2.17. The number of ether oxygens (including phenoxy) is 1. The summed E-state index contributed by atoms with van der Waals surface area (Å²) in [4.78, 5) is 13.4. The van der Waals surface area contributed by atoms with Crippen molar-refractivity contribution in [1.29, 1.82) is 0 Å². The first-order chi connectivity index (χ1) is 9.65. The van der Waals surface area contributed by atoms with Crippen molar-refractivity contribution in [3.63, 3.8) is 0 Å². The van der Waals surface area contributed by atoms with Crippen LogP contribution in [0.2, 0.25) is 5.02 Å². The smallest absolute Gasteiger partial charge is 0.244 e. The number of rotatable bonds is 6. The summed E-state index contributed by atoms with van der Waals surface area (Å²) >= 11 is 5.85. The Morgan fingerprint density at radius 3 is 3.05 bits per heavy atom. The Morgan fingerprint density at radius 1 is 1.50 bits per heavy atom. The monoisotopic (exact) mass is 295 g/mol. The highest BCUT2D eigenvalue weighted by Crippen LogP contribution is 2.16. The van der Waals surface area contributed by atoms with E-state index in [9.17, 15) is 4.79 Å². The molecule has 0 saturated heterocycles. The molecule has 0 N–H and O–H groups in total. The normalized spacial score (nSPS) is 10.3. The van der Waals surface area contributed by atoms with Gasteiger partial charge in [-0.05, 0) is 28.6 Å². The largest absolute Gasteiger partial charge is 0.492 e. The molecule has 1 heterocycles. The van der Waals surface area contributed by atoms with Crippen LogP contribution in [0.1, 0.15) is 0 Å². The molecule has 0 fully saturated rings. The van der Waals surface area contributed by atoms with Crippen LogP contribution >= 0.6 is 11.6 Å². The standard InChI is InChI=1S/C12H14ClN5O2/c1-17(12(19)8-18-9-14-15-16-18)5-6-20-11-4-2-3-10(13)7-11/h2-4,7,9H,5-6,8H2,1H3. The fourth-order valence-corrected chi connectivity index (χ4v) is 1.67. The van der Waals surface area contributed by atoms with Gasteiger partial charge in [-0.3, -0.25) is 4.79 Å². The number of nitrogens with zero attached hydrogens (tertiary/aromatic N) is 5. The minimum absolute atomic E-state index is 0.0907. The molecule has 1 amide bonds. The molecule has 20 heavy (non-hydrogen) atoms. The molecule has 1 aromatic heterocycles. The van der Waals surface area contributed by atoms with Crippen molar-refractivity contribution in [2.75, 3.05) is 20.2 Å². The van der Waals surface area contributed by atoms with E-state index in [4.69, 9.17) is 16.3 Å². The van der Waals surface area contributed by atoms with Crippen molar-refractivity contribution in [3.05, 3.63) is 35.6 Å².